The summed E-state index contributed by atoms with van der Waals surface area (Å²) in [4.78, 5) is 6.79. The third-order valence-electron chi connectivity index (χ3n) is 3.76. The van der Waals surface area contributed by atoms with Crippen LogP contribution in [0.3, 0.4) is 0 Å². The minimum Gasteiger partial charge on any atom is -0.468 e. The van der Waals surface area contributed by atoms with E-state index < -0.39 is 0 Å². The maximum Gasteiger partial charge on any atom is 0.188 e. The van der Waals surface area contributed by atoms with Crippen LogP contribution >= 0.6 is 11.8 Å². The molecule has 120 valence electrons. The van der Waals surface area contributed by atoms with Crippen LogP contribution in [-0.4, -0.2) is 13.9 Å². The van der Waals surface area contributed by atoms with Crippen LogP contribution in [0.5, 0.6) is 5.75 Å². The molecule has 0 radical (unpaired) electrons. The van der Waals surface area contributed by atoms with Crippen LogP contribution in [0, 0.1) is 0 Å². The predicted molar refractivity (Wildman–Crippen MR) is 98.1 cm³/mol. The van der Waals surface area contributed by atoms with Gasteiger partial charge in [-0.05, 0) is 48.5 Å². The van der Waals surface area contributed by atoms with Crippen molar-refractivity contribution in [3.63, 3.8) is 0 Å². The van der Waals surface area contributed by atoms with Crippen LogP contribution in [0.1, 0.15) is 0 Å². The summed E-state index contributed by atoms with van der Waals surface area (Å²) in [5, 5.41) is 0. The van der Waals surface area contributed by atoms with E-state index in [0.29, 0.717) is 0 Å². The van der Waals surface area contributed by atoms with Crippen LogP contribution < -0.4 is 4.74 Å². The molecule has 3 aromatic carbocycles. The first-order valence-electron chi connectivity index (χ1n) is 7.69. The number of benzene rings is 3. The Bertz CT molecular complexity index is 801. The highest BCUT2D eigenvalue weighted by atomic mass is 32.2. The zero-order chi connectivity index (χ0) is 16.4. The molecule has 2 nitrogen and oxygen atoms in total. The standard InChI is InChI=1S/C20H17O2S2/c1-21-14-22-15-10-12-16(13-11-15)24-19-8-4-2-6-17(19)23-18-7-3-5-9-20(18)24/h2-13H,14H2,1H3/q+1. The molecule has 0 spiro atoms. The van der Waals surface area contributed by atoms with Crippen LogP contribution in [0.25, 0.3) is 0 Å². The molecule has 1 aliphatic rings. The van der Waals surface area contributed by atoms with Crippen molar-refractivity contribution in [3.05, 3.63) is 72.8 Å². The lowest BCUT2D eigenvalue weighted by atomic mass is 10.3. The maximum absolute atomic E-state index is 5.51. The lowest BCUT2D eigenvalue weighted by molar-refractivity contribution is 0.0511. The number of fused-ring (bicyclic) bond motifs is 2. The number of hydrogen-bond acceptors (Lipinski definition) is 3. The van der Waals surface area contributed by atoms with E-state index in [1.165, 1.54) is 24.5 Å². The zero-order valence-corrected chi connectivity index (χ0v) is 14.9. The molecule has 0 N–H and O–H groups in total. The first-order chi connectivity index (χ1) is 11.9. The number of methoxy groups -OCH3 is 1. The van der Waals surface area contributed by atoms with Gasteiger partial charge in [-0.15, -0.1) is 0 Å². The first-order valence-corrected chi connectivity index (χ1v) is 9.73. The van der Waals surface area contributed by atoms with Crippen molar-refractivity contribution in [2.75, 3.05) is 13.9 Å². The maximum atomic E-state index is 5.51. The lowest BCUT2D eigenvalue weighted by Gasteiger charge is -2.18. The molecule has 0 aromatic heterocycles. The molecule has 3 aromatic rings. The van der Waals surface area contributed by atoms with Crippen LogP contribution in [0.2, 0.25) is 0 Å². The monoisotopic (exact) mass is 353 g/mol. The van der Waals surface area contributed by atoms with Crippen molar-refractivity contribution < 1.29 is 9.47 Å². The van der Waals surface area contributed by atoms with Gasteiger partial charge in [0.2, 0.25) is 0 Å². The van der Waals surface area contributed by atoms with E-state index in [0.717, 1.165) is 5.75 Å². The molecule has 4 heteroatoms. The topological polar surface area (TPSA) is 18.5 Å². The smallest absolute Gasteiger partial charge is 0.188 e. The van der Waals surface area contributed by atoms with E-state index in [2.05, 4.69) is 60.7 Å². The van der Waals surface area contributed by atoms with Gasteiger partial charge in [-0.2, -0.15) is 0 Å². The second-order valence-electron chi connectivity index (χ2n) is 5.32. The molecule has 0 amide bonds. The summed E-state index contributed by atoms with van der Waals surface area (Å²) in [6, 6.07) is 25.8. The summed E-state index contributed by atoms with van der Waals surface area (Å²) in [6.07, 6.45) is 0. The summed E-state index contributed by atoms with van der Waals surface area (Å²) in [7, 11) is 1.55. The van der Waals surface area contributed by atoms with Crippen LogP contribution in [-0.2, 0) is 15.6 Å². The largest absolute Gasteiger partial charge is 0.468 e. The fourth-order valence-electron chi connectivity index (χ4n) is 2.70. The Hall–Kier alpha value is -1.88. The fraction of sp³-hybridized carbons (Fsp3) is 0.100. The van der Waals surface area contributed by atoms with Gasteiger partial charge in [0, 0.05) is 7.11 Å². The molecule has 1 aliphatic heterocycles. The number of hydrogen-bond donors (Lipinski definition) is 0. The van der Waals surface area contributed by atoms with Crippen molar-refractivity contribution in [3.8, 4) is 5.75 Å². The minimum atomic E-state index is -0.0795. The molecular weight excluding hydrogens is 336 g/mol. The molecule has 4 rings (SSSR count). The minimum absolute atomic E-state index is 0.0795. The fourth-order valence-corrected chi connectivity index (χ4v) is 6.43. The van der Waals surface area contributed by atoms with E-state index in [-0.39, 0.29) is 17.7 Å². The van der Waals surface area contributed by atoms with E-state index in [9.17, 15) is 0 Å². The second kappa shape index (κ2) is 6.93. The molecule has 0 atom stereocenters. The van der Waals surface area contributed by atoms with Gasteiger partial charge in [0.05, 0.1) is 9.79 Å². The highest BCUT2D eigenvalue weighted by Crippen LogP contribution is 2.48. The third kappa shape index (κ3) is 2.93. The summed E-state index contributed by atoms with van der Waals surface area (Å²) in [5.41, 5.74) is 0. The molecule has 0 saturated heterocycles. The van der Waals surface area contributed by atoms with E-state index >= 15 is 0 Å². The Morgan fingerprint density at radius 1 is 0.792 bits per heavy atom. The molecule has 1 heterocycles. The average molecular weight is 353 g/mol. The number of ether oxygens (including phenoxy) is 2. The third-order valence-corrected chi connectivity index (χ3v) is 7.51. The quantitative estimate of drug-likeness (QED) is 0.370. The summed E-state index contributed by atoms with van der Waals surface area (Å²) in [6.45, 7) is 0.271. The Morgan fingerprint density at radius 2 is 1.38 bits per heavy atom. The highest BCUT2D eigenvalue weighted by molar-refractivity contribution is 8.04. The normalized spacial score (nSPS) is 13.2. The molecule has 0 saturated carbocycles. The average Bonchev–Trinajstić information content (AvgIpc) is 2.65. The second-order valence-corrected chi connectivity index (χ2v) is 8.37. The Labute approximate surface area is 149 Å². The van der Waals surface area contributed by atoms with Crippen molar-refractivity contribution in [1.82, 2.24) is 0 Å². The van der Waals surface area contributed by atoms with Gasteiger partial charge in [-0.25, -0.2) is 0 Å². The SMILES string of the molecule is COCOc1ccc([S+]2c3ccccc3Sc3ccccc32)cc1. The Kier molecular flexibility index (Phi) is 4.52. The van der Waals surface area contributed by atoms with Crippen molar-refractivity contribution in [2.45, 2.75) is 24.5 Å². The van der Waals surface area contributed by atoms with E-state index in [1.807, 2.05) is 23.9 Å². The van der Waals surface area contributed by atoms with Crippen molar-refractivity contribution in [2.24, 2.45) is 0 Å². The lowest BCUT2D eigenvalue weighted by Crippen LogP contribution is -2.10. The molecule has 0 fully saturated rings. The van der Waals surface area contributed by atoms with Gasteiger partial charge in [0.1, 0.15) is 16.6 Å². The summed E-state index contributed by atoms with van der Waals surface area (Å²) in [5.74, 6) is 0.831. The molecule has 0 aliphatic carbocycles. The summed E-state index contributed by atoms with van der Waals surface area (Å²) >= 11 is 1.86. The molecule has 0 unspecified atom stereocenters. The van der Waals surface area contributed by atoms with Crippen molar-refractivity contribution >= 4 is 22.7 Å². The van der Waals surface area contributed by atoms with Crippen LogP contribution in [0.15, 0.2) is 97.3 Å². The highest BCUT2D eigenvalue weighted by Gasteiger charge is 2.37. The van der Waals surface area contributed by atoms with Gasteiger partial charge in [-0.3, -0.25) is 0 Å². The van der Waals surface area contributed by atoms with E-state index in [4.69, 9.17) is 9.47 Å². The molecule has 24 heavy (non-hydrogen) atoms. The van der Waals surface area contributed by atoms with Gasteiger partial charge in [0.25, 0.3) is 0 Å². The van der Waals surface area contributed by atoms with E-state index in [1.54, 1.807) is 7.11 Å². The Balaban J connectivity index is 1.77. The van der Waals surface area contributed by atoms with Gasteiger partial charge >= 0.3 is 0 Å². The molecular formula is C20H17O2S2+. The Morgan fingerprint density at radius 3 is 1.96 bits per heavy atom. The van der Waals surface area contributed by atoms with Crippen molar-refractivity contribution in [1.29, 1.82) is 0 Å². The summed E-state index contributed by atoms with van der Waals surface area (Å²) < 4.78 is 10.5. The molecule has 0 bridgehead atoms. The zero-order valence-electron chi connectivity index (χ0n) is 13.3. The first kappa shape index (κ1) is 15.6. The number of rotatable bonds is 4. The van der Waals surface area contributed by atoms with Gasteiger partial charge in [-0.1, -0.05) is 36.0 Å². The predicted octanol–water partition coefficient (Wildman–Crippen LogP) is 5.23. The van der Waals surface area contributed by atoms with Crippen LogP contribution in [0.4, 0.5) is 0 Å². The van der Waals surface area contributed by atoms with Gasteiger partial charge < -0.3 is 9.47 Å². The van der Waals surface area contributed by atoms with Gasteiger partial charge in [0.15, 0.2) is 21.5 Å².